The van der Waals surface area contributed by atoms with E-state index in [1.165, 1.54) is 4.90 Å². The van der Waals surface area contributed by atoms with Gasteiger partial charge in [0.15, 0.2) is 5.82 Å². The number of nitrogens with one attached hydrogen (secondary N) is 3. The number of aryl methyl sites for hydroxylation is 3. The average molecular weight is 987 g/mol. The van der Waals surface area contributed by atoms with Crippen molar-refractivity contribution in [3.63, 3.8) is 0 Å². The molecule has 68 heavy (non-hydrogen) atoms. The van der Waals surface area contributed by atoms with Crippen LogP contribution in [0.3, 0.4) is 0 Å². The summed E-state index contributed by atoms with van der Waals surface area (Å²) >= 11 is 9.45. The maximum Gasteiger partial charge on any atom is 0.246 e. The molecule has 362 valence electrons. The van der Waals surface area contributed by atoms with Crippen LogP contribution in [-0.4, -0.2) is 117 Å². The van der Waals surface area contributed by atoms with Crippen LogP contribution in [0.4, 0.5) is 0 Å². The van der Waals surface area contributed by atoms with Gasteiger partial charge in [-0.1, -0.05) is 68.8 Å². The Labute approximate surface area is 409 Å². The molecule has 0 saturated carbocycles. The molecule has 5 aromatic rings. The molecule has 4 amide bonds. The van der Waals surface area contributed by atoms with E-state index in [9.17, 15) is 24.3 Å². The summed E-state index contributed by atoms with van der Waals surface area (Å²) in [4.78, 5) is 67.3. The van der Waals surface area contributed by atoms with Gasteiger partial charge in [-0.15, -0.1) is 32.9 Å². The van der Waals surface area contributed by atoms with E-state index < -0.39 is 41.5 Å². The van der Waals surface area contributed by atoms with Crippen LogP contribution in [0.2, 0.25) is 5.02 Å². The summed E-state index contributed by atoms with van der Waals surface area (Å²) in [7, 11) is 0. The minimum atomic E-state index is -0.984. The number of nitrogens with zero attached hydrogens (tertiary/aromatic N) is 6. The number of hydrogen-bond acceptors (Lipinski definition) is 13. The molecule has 16 nitrogen and oxygen atoms in total. The van der Waals surface area contributed by atoms with Gasteiger partial charge in [-0.3, -0.25) is 28.7 Å². The molecule has 1 saturated heterocycles. The highest BCUT2D eigenvalue weighted by Crippen LogP contribution is 2.40. The fourth-order valence-electron chi connectivity index (χ4n) is 8.39. The minimum Gasteiger partial charge on any atom is -0.391 e. The Hall–Kier alpha value is -5.37. The summed E-state index contributed by atoms with van der Waals surface area (Å²) < 4.78 is 13.4. The topological polar surface area (TPSA) is 202 Å². The van der Waals surface area contributed by atoms with Crippen molar-refractivity contribution in [2.75, 3.05) is 39.5 Å². The number of hydrogen-bond donors (Lipinski definition) is 4. The average Bonchev–Trinajstić information content (AvgIpc) is 4.07. The first kappa shape index (κ1) is 50.5. The molecular weight excluding hydrogens is 926 g/mol. The molecule has 7 rings (SSSR count). The van der Waals surface area contributed by atoms with Crippen molar-refractivity contribution in [2.45, 2.75) is 105 Å². The predicted molar refractivity (Wildman–Crippen MR) is 264 cm³/mol. The number of aliphatic hydroxyl groups excluding tert-OH is 1. The van der Waals surface area contributed by atoms with Crippen LogP contribution in [0.5, 0.6) is 0 Å². The molecule has 0 aliphatic carbocycles. The molecule has 3 unspecified atom stereocenters. The molecule has 19 heteroatoms. The number of amides is 4. The van der Waals surface area contributed by atoms with Crippen LogP contribution in [0, 0.1) is 33.1 Å². The quantitative estimate of drug-likeness (QED) is 0.0700. The number of carbonyl (C=O) groups excluding carboxylic acids is 4. The zero-order chi connectivity index (χ0) is 48.9. The normalized spacial score (nSPS) is 17.7. The molecule has 3 aromatic heterocycles. The SMILES string of the molecule is Cc1ncsc1-c1ccc(C(C)NC(=O)C2C[C@@H](O)CN2C(=O)C(NC(=O)COCCCOCCNC(=O)C[C@@H]2N=C(c3ccc(Cl)cc3)c3c(sc(C)c3C)-n3c(C)nnc32)C(C)(C)C)cc1. The Kier molecular flexibility index (Phi) is 16.3. The van der Waals surface area contributed by atoms with E-state index in [2.05, 4.69) is 45.0 Å². The van der Waals surface area contributed by atoms with Gasteiger partial charge in [-0.25, -0.2) is 4.98 Å². The minimum absolute atomic E-state index is 0.0302. The second-order valence-electron chi connectivity index (χ2n) is 18.4. The van der Waals surface area contributed by atoms with E-state index in [1.54, 1.807) is 22.7 Å². The third-order valence-corrected chi connectivity index (χ3v) is 14.6. The number of benzene rings is 2. The van der Waals surface area contributed by atoms with E-state index >= 15 is 0 Å². The van der Waals surface area contributed by atoms with Gasteiger partial charge in [-0.05, 0) is 75.3 Å². The molecular formula is C49H60ClN9O7S2. The number of halogens is 1. The van der Waals surface area contributed by atoms with E-state index in [0.717, 1.165) is 54.0 Å². The highest BCUT2D eigenvalue weighted by Gasteiger charge is 2.45. The van der Waals surface area contributed by atoms with Gasteiger partial charge in [-0.2, -0.15) is 0 Å². The van der Waals surface area contributed by atoms with Gasteiger partial charge in [0.2, 0.25) is 23.6 Å². The first-order valence-corrected chi connectivity index (χ1v) is 24.9. The summed E-state index contributed by atoms with van der Waals surface area (Å²) in [5, 5.41) is 29.9. The molecule has 2 aliphatic heterocycles. The van der Waals surface area contributed by atoms with Crippen LogP contribution in [0.1, 0.15) is 104 Å². The largest absolute Gasteiger partial charge is 0.391 e. The number of thiazole rings is 1. The van der Waals surface area contributed by atoms with Crippen LogP contribution >= 0.6 is 34.3 Å². The lowest BCUT2D eigenvalue weighted by atomic mass is 9.85. The maximum absolute atomic E-state index is 14.1. The smallest absolute Gasteiger partial charge is 0.246 e. The summed E-state index contributed by atoms with van der Waals surface area (Å²) in [6.45, 7) is 16.2. The number of thiophene rings is 1. The highest BCUT2D eigenvalue weighted by atomic mass is 35.5. The fourth-order valence-corrected chi connectivity index (χ4v) is 10.5. The molecule has 4 N–H and O–H groups in total. The lowest BCUT2D eigenvalue weighted by molar-refractivity contribution is -0.144. The van der Waals surface area contributed by atoms with E-state index in [-0.39, 0.29) is 63.6 Å². The van der Waals surface area contributed by atoms with Crippen molar-refractivity contribution in [2.24, 2.45) is 10.4 Å². The van der Waals surface area contributed by atoms with Crippen molar-refractivity contribution >= 4 is 63.6 Å². The number of aliphatic imine (C=N–C) groups is 1. The number of carbonyl (C=O) groups is 4. The Morgan fingerprint density at radius 1 is 0.926 bits per heavy atom. The summed E-state index contributed by atoms with van der Waals surface area (Å²) in [6, 6.07) is 12.6. The van der Waals surface area contributed by atoms with Crippen molar-refractivity contribution in [3.8, 4) is 15.4 Å². The van der Waals surface area contributed by atoms with Crippen molar-refractivity contribution in [1.82, 2.24) is 40.6 Å². The number of aliphatic hydroxyl groups is 1. The Bertz CT molecular complexity index is 2640. The summed E-state index contributed by atoms with van der Waals surface area (Å²) in [6.07, 6.45) is -0.264. The monoisotopic (exact) mass is 985 g/mol. The van der Waals surface area contributed by atoms with Crippen LogP contribution in [-0.2, 0) is 28.7 Å². The van der Waals surface area contributed by atoms with Gasteiger partial charge >= 0.3 is 0 Å². The molecule has 0 spiro atoms. The number of ether oxygens (including phenoxy) is 2. The van der Waals surface area contributed by atoms with Crippen LogP contribution < -0.4 is 16.0 Å². The first-order chi connectivity index (χ1) is 32.4. The predicted octanol–water partition coefficient (Wildman–Crippen LogP) is 6.53. The zero-order valence-electron chi connectivity index (χ0n) is 39.7. The lowest BCUT2D eigenvalue weighted by Gasteiger charge is -2.35. The van der Waals surface area contributed by atoms with E-state index in [0.29, 0.717) is 29.7 Å². The third kappa shape index (κ3) is 11.7. The standard InChI is InChI=1S/C49H60ClN9O7S2/c1-27-30(4)68-48-41(27)42(33-14-16-35(50)17-15-33)54-37(45-57-56-31(5)59(45)48)23-39(61)51-18-21-65-19-9-20-66-25-40(62)55-44(49(6,7)8)47(64)58-24-36(60)22-38(58)46(63)53-28(2)32-10-12-34(13-11-32)43-29(3)52-26-67-43/h10-17,26,28,36-38,44,60H,9,18-25H2,1-8H3,(H,51,61)(H,53,63)(H,55,62)/t28?,36-,37+,38?,44?/m1/s1. The van der Waals surface area contributed by atoms with Gasteiger partial charge < -0.3 is 35.4 Å². The van der Waals surface area contributed by atoms with E-state index in [1.807, 2.05) is 100 Å². The Balaban J connectivity index is 0.840. The maximum atomic E-state index is 14.1. The Morgan fingerprint density at radius 3 is 2.32 bits per heavy atom. The van der Waals surface area contributed by atoms with Crippen LogP contribution in [0.25, 0.3) is 15.4 Å². The Morgan fingerprint density at radius 2 is 1.63 bits per heavy atom. The second-order valence-corrected chi connectivity index (χ2v) is 20.9. The lowest BCUT2D eigenvalue weighted by Crippen LogP contribution is -2.58. The molecule has 2 aliphatic rings. The molecule has 5 atom stereocenters. The molecule has 0 radical (unpaired) electrons. The fraction of sp³-hybridized carbons (Fsp3) is 0.469. The van der Waals surface area contributed by atoms with Gasteiger partial charge in [0.1, 0.15) is 35.6 Å². The second kappa shape index (κ2) is 21.9. The number of likely N-dealkylation sites (tertiary alicyclic amines) is 1. The molecule has 1 fully saturated rings. The van der Waals surface area contributed by atoms with Gasteiger partial charge in [0.25, 0.3) is 0 Å². The number of aromatic nitrogens is 4. The first-order valence-electron chi connectivity index (χ1n) is 22.8. The number of β-amino-alcohol motifs (C(OH)–C–C–N with tert-alkyl or cyclic N) is 1. The number of fused-ring (bicyclic) bond motifs is 3. The zero-order valence-corrected chi connectivity index (χ0v) is 42.1. The summed E-state index contributed by atoms with van der Waals surface area (Å²) in [5.41, 5.74) is 7.76. The molecule has 0 bridgehead atoms. The van der Waals surface area contributed by atoms with Crippen molar-refractivity contribution in [1.29, 1.82) is 0 Å². The molecule has 5 heterocycles. The molecule has 2 aromatic carbocycles. The summed E-state index contributed by atoms with van der Waals surface area (Å²) in [5.74, 6) is -0.217. The van der Waals surface area contributed by atoms with Crippen molar-refractivity contribution < 1.29 is 33.8 Å². The number of rotatable bonds is 18. The highest BCUT2D eigenvalue weighted by molar-refractivity contribution is 7.15. The third-order valence-electron chi connectivity index (χ3n) is 12.2. The van der Waals surface area contributed by atoms with Gasteiger partial charge in [0.05, 0.1) is 47.0 Å². The van der Waals surface area contributed by atoms with Crippen molar-refractivity contribution in [3.05, 3.63) is 104 Å². The van der Waals surface area contributed by atoms with E-state index in [4.69, 9.17) is 26.1 Å². The van der Waals surface area contributed by atoms with Crippen LogP contribution in [0.15, 0.2) is 59.0 Å². The van der Waals surface area contributed by atoms with Gasteiger partial charge in [0, 0.05) is 53.8 Å².